The van der Waals surface area contributed by atoms with Crippen molar-refractivity contribution in [3.63, 3.8) is 0 Å². The number of carbonyl (C=O) groups is 2. The van der Waals surface area contributed by atoms with E-state index in [1.54, 1.807) is 18.2 Å². The Hall–Kier alpha value is -4.52. The van der Waals surface area contributed by atoms with E-state index < -0.39 is 0 Å². The molecule has 0 aliphatic carbocycles. The van der Waals surface area contributed by atoms with Gasteiger partial charge in [-0.25, -0.2) is 10.4 Å². The highest BCUT2D eigenvalue weighted by atomic mass is 16.5. The van der Waals surface area contributed by atoms with Crippen molar-refractivity contribution < 1.29 is 14.3 Å². The first kappa shape index (κ1) is 24.6. The van der Waals surface area contributed by atoms with Crippen molar-refractivity contribution in [3.8, 4) is 17.0 Å². The van der Waals surface area contributed by atoms with Crippen LogP contribution in [0.4, 0.5) is 5.69 Å². The number of benzene rings is 3. The predicted molar refractivity (Wildman–Crippen MR) is 143 cm³/mol. The lowest BCUT2D eigenvalue weighted by molar-refractivity contribution is -0.114. The van der Waals surface area contributed by atoms with Crippen LogP contribution < -0.4 is 15.5 Å². The number of nitrogens with zero attached hydrogens (tertiary/aromatic N) is 2. The van der Waals surface area contributed by atoms with Gasteiger partial charge in [0.25, 0.3) is 5.91 Å². The van der Waals surface area contributed by atoms with Gasteiger partial charge >= 0.3 is 0 Å². The summed E-state index contributed by atoms with van der Waals surface area (Å²) >= 11 is 0. The maximum absolute atomic E-state index is 13.2. The van der Waals surface area contributed by atoms with E-state index in [0.29, 0.717) is 28.2 Å². The zero-order valence-electron chi connectivity index (χ0n) is 20.7. The minimum Gasteiger partial charge on any atom is -0.491 e. The molecule has 0 atom stereocenters. The Kier molecular flexibility index (Phi) is 7.39. The molecule has 2 N–H and O–H groups in total. The van der Waals surface area contributed by atoms with Crippen molar-refractivity contribution in [2.45, 2.75) is 33.8 Å². The lowest BCUT2D eigenvalue weighted by Gasteiger charge is -2.12. The molecule has 0 saturated heterocycles. The van der Waals surface area contributed by atoms with Crippen molar-refractivity contribution in [2.75, 3.05) is 5.32 Å². The van der Waals surface area contributed by atoms with E-state index in [1.807, 2.05) is 81.4 Å². The first-order valence-corrected chi connectivity index (χ1v) is 11.7. The van der Waals surface area contributed by atoms with Crippen molar-refractivity contribution in [1.29, 1.82) is 0 Å². The van der Waals surface area contributed by atoms with Crippen LogP contribution in [0.1, 0.15) is 43.6 Å². The van der Waals surface area contributed by atoms with Gasteiger partial charge in [-0.05, 0) is 62.7 Å². The third-order valence-corrected chi connectivity index (χ3v) is 5.41. The van der Waals surface area contributed by atoms with E-state index in [2.05, 4.69) is 15.8 Å². The lowest BCUT2D eigenvalue weighted by Crippen LogP contribution is -2.20. The molecule has 1 aromatic heterocycles. The number of anilines is 1. The van der Waals surface area contributed by atoms with Crippen molar-refractivity contribution in [1.82, 2.24) is 10.4 Å². The fourth-order valence-corrected chi connectivity index (χ4v) is 3.77. The molecule has 1 heterocycles. The van der Waals surface area contributed by atoms with Gasteiger partial charge in [-0.3, -0.25) is 9.59 Å². The summed E-state index contributed by atoms with van der Waals surface area (Å²) < 4.78 is 5.83. The molecule has 4 aromatic rings. The molecule has 0 aliphatic heterocycles. The fraction of sp³-hybridized carbons (Fsp3) is 0.172. The summed E-state index contributed by atoms with van der Waals surface area (Å²) in [5.41, 5.74) is 7.55. The van der Waals surface area contributed by atoms with Gasteiger partial charge in [-0.2, -0.15) is 5.10 Å². The molecule has 0 fully saturated rings. The maximum atomic E-state index is 13.2. The van der Waals surface area contributed by atoms with Gasteiger partial charge in [0.2, 0.25) is 5.91 Å². The highest BCUT2D eigenvalue weighted by Crippen LogP contribution is 2.27. The van der Waals surface area contributed by atoms with Crippen LogP contribution >= 0.6 is 0 Å². The van der Waals surface area contributed by atoms with E-state index >= 15 is 0 Å². The number of rotatable bonds is 7. The van der Waals surface area contributed by atoms with E-state index in [1.165, 1.54) is 6.92 Å². The lowest BCUT2D eigenvalue weighted by atomic mass is 10.0. The SMILES string of the molecule is CC(=O)Nc1ccc(/C(C)=N\NC(=O)c2cc(-c3cccc(OC(C)C)c3)nc3ccccc23)cc1. The summed E-state index contributed by atoms with van der Waals surface area (Å²) in [6, 6.07) is 24.2. The minimum absolute atomic E-state index is 0.0499. The molecule has 3 aromatic carbocycles. The van der Waals surface area contributed by atoms with Crippen LogP contribution in [-0.4, -0.2) is 28.6 Å². The van der Waals surface area contributed by atoms with E-state index in [-0.39, 0.29) is 17.9 Å². The number of para-hydroxylation sites is 1. The van der Waals surface area contributed by atoms with Crippen molar-refractivity contribution >= 4 is 34.1 Å². The van der Waals surface area contributed by atoms with Gasteiger partial charge < -0.3 is 10.1 Å². The number of fused-ring (bicyclic) bond motifs is 1. The molecule has 0 radical (unpaired) electrons. The van der Waals surface area contributed by atoms with Crippen LogP contribution in [0, 0.1) is 0 Å². The first-order valence-electron chi connectivity index (χ1n) is 11.7. The van der Waals surface area contributed by atoms with Gasteiger partial charge in [0.15, 0.2) is 0 Å². The molecule has 0 saturated carbocycles. The summed E-state index contributed by atoms with van der Waals surface area (Å²) in [6.45, 7) is 7.22. The van der Waals surface area contributed by atoms with Gasteiger partial charge in [-0.15, -0.1) is 0 Å². The van der Waals surface area contributed by atoms with Crippen LogP contribution in [0.2, 0.25) is 0 Å². The number of nitrogens with one attached hydrogen (secondary N) is 2. The molecule has 0 bridgehead atoms. The number of hydrogen-bond acceptors (Lipinski definition) is 5. The van der Waals surface area contributed by atoms with Gasteiger partial charge in [0.1, 0.15) is 5.75 Å². The van der Waals surface area contributed by atoms with Crippen LogP contribution in [0.15, 0.2) is 84.0 Å². The minimum atomic E-state index is -0.335. The van der Waals surface area contributed by atoms with E-state index in [0.717, 1.165) is 22.3 Å². The van der Waals surface area contributed by atoms with Crippen LogP contribution in [0.5, 0.6) is 5.75 Å². The highest BCUT2D eigenvalue weighted by Gasteiger charge is 2.14. The first-order chi connectivity index (χ1) is 17.3. The molecule has 0 aliphatic rings. The van der Waals surface area contributed by atoms with Crippen molar-refractivity contribution in [2.24, 2.45) is 5.10 Å². The molecule has 0 unspecified atom stereocenters. The normalized spacial score (nSPS) is 11.4. The molecule has 7 heteroatoms. The largest absolute Gasteiger partial charge is 0.491 e. The average Bonchev–Trinajstić information content (AvgIpc) is 2.86. The summed E-state index contributed by atoms with van der Waals surface area (Å²) in [6.07, 6.45) is 0.0499. The quantitative estimate of drug-likeness (QED) is 0.258. The average molecular weight is 481 g/mol. The second kappa shape index (κ2) is 10.8. The molecule has 0 spiro atoms. The zero-order valence-corrected chi connectivity index (χ0v) is 20.7. The summed E-state index contributed by atoms with van der Waals surface area (Å²) in [5.74, 6) is 0.274. The number of hydrogen-bond donors (Lipinski definition) is 2. The summed E-state index contributed by atoms with van der Waals surface area (Å²) in [7, 11) is 0. The number of amides is 2. The van der Waals surface area contributed by atoms with Gasteiger partial charge in [0.05, 0.1) is 28.6 Å². The van der Waals surface area contributed by atoms with Gasteiger partial charge in [-0.1, -0.05) is 42.5 Å². The highest BCUT2D eigenvalue weighted by molar-refractivity contribution is 6.08. The molecule has 36 heavy (non-hydrogen) atoms. The smallest absolute Gasteiger partial charge is 0.272 e. The molecule has 4 rings (SSSR count). The number of aromatic nitrogens is 1. The second-order valence-corrected chi connectivity index (χ2v) is 8.66. The molecule has 182 valence electrons. The number of hydrazone groups is 1. The fourth-order valence-electron chi connectivity index (χ4n) is 3.77. The Morgan fingerprint density at radius 1 is 0.917 bits per heavy atom. The summed E-state index contributed by atoms with van der Waals surface area (Å²) in [5, 5.41) is 7.77. The number of ether oxygens (including phenoxy) is 1. The second-order valence-electron chi connectivity index (χ2n) is 8.66. The van der Waals surface area contributed by atoms with Crippen LogP contribution in [-0.2, 0) is 4.79 Å². The third kappa shape index (κ3) is 5.93. The topological polar surface area (TPSA) is 92.7 Å². The Balaban J connectivity index is 1.63. The molecular formula is C29H28N4O3. The standard InChI is InChI=1S/C29H28N4O3/c1-18(2)36-24-9-7-8-22(16-24)28-17-26(25-10-5-6-11-27(25)31-28)29(35)33-32-19(3)21-12-14-23(15-13-21)30-20(4)34/h5-18H,1-4H3,(H,30,34)(H,33,35)/b32-19-. The summed E-state index contributed by atoms with van der Waals surface area (Å²) in [4.78, 5) is 29.2. The van der Waals surface area contributed by atoms with Crippen LogP contribution in [0.3, 0.4) is 0 Å². The predicted octanol–water partition coefficient (Wildman–Crippen LogP) is 5.80. The third-order valence-electron chi connectivity index (χ3n) is 5.41. The van der Waals surface area contributed by atoms with Crippen LogP contribution in [0.25, 0.3) is 22.2 Å². The Labute approximate surface area is 210 Å². The number of carbonyl (C=O) groups excluding carboxylic acids is 2. The van der Waals surface area contributed by atoms with Crippen molar-refractivity contribution in [3.05, 3.63) is 90.0 Å². The molecule has 7 nitrogen and oxygen atoms in total. The number of pyridine rings is 1. The zero-order chi connectivity index (χ0) is 25.7. The Morgan fingerprint density at radius 2 is 1.67 bits per heavy atom. The Bertz CT molecular complexity index is 1440. The van der Waals surface area contributed by atoms with E-state index in [9.17, 15) is 9.59 Å². The van der Waals surface area contributed by atoms with E-state index in [4.69, 9.17) is 9.72 Å². The molecular weight excluding hydrogens is 452 g/mol. The maximum Gasteiger partial charge on any atom is 0.272 e. The molecule has 2 amide bonds. The Morgan fingerprint density at radius 3 is 2.39 bits per heavy atom. The van der Waals surface area contributed by atoms with Gasteiger partial charge in [0, 0.05) is 23.6 Å². The monoisotopic (exact) mass is 480 g/mol.